The van der Waals surface area contributed by atoms with Gasteiger partial charge < -0.3 is 9.42 Å². The summed E-state index contributed by atoms with van der Waals surface area (Å²) in [5.41, 5.74) is 3.24. The molecule has 0 radical (unpaired) electrons. The Morgan fingerprint density at radius 3 is 3.00 bits per heavy atom. The number of aromatic nitrogens is 3. The molecule has 2 aromatic heterocycles. The predicted octanol–water partition coefficient (Wildman–Crippen LogP) is 1.28. The molecular formula is C13H14N4O2. The zero-order valence-electron chi connectivity index (χ0n) is 10.9. The molecule has 0 saturated carbocycles. The minimum atomic E-state index is -0.0363. The van der Waals surface area contributed by atoms with Crippen molar-refractivity contribution in [2.75, 3.05) is 6.54 Å². The van der Waals surface area contributed by atoms with Gasteiger partial charge in [-0.15, -0.1) is 0 Å². The zero-order valence-corrected chi connectivity index (χ0v) is 10.9. The summed E-state index contributed by atoms with van der Waals surface area (Å²) in [5, 5.41) is 3.83. The molecular weight excluding hydrogens is 244 g/mol. The molecule has 1 aliphatic rings. The van der Waals surface area contributed by atoms with Crippen LogP contribution in [0.5, 0.6) is 0 Å². The van der Waals surface area contributed by atoms with E-state index >= 15 is 0 Å². The maximum Gasteiger partial charge on any atom is 0.259 e. The Hall–Kier alpha value is -2.24. The van der Waals surface area contributed by atoms with E-state index in [4.69, 9.17) is 4.52 Å². The summed E-state index contributed by atoms with van der Waals surface area (Å²) in [6, 6.07) is 0. The Bertz CT molecular complexity index is 616. The summed E-state index contributed by atoms with van der Waals surface area (Å²) in [6.07, 6.45) is 4.08. The molecule has 3 rings (SSSR count). The van der Waals surface area contributed by atoms with Crippen molar-refractivity contribution in [3.63, 3.8) is 0 Å². The van der Waals surface area contributed by atoms with Gasteiger partial charge in [0.15, 0.2) is 0 Å². The Morgan fingerprint density at radius 2 is 2.26 bits per heavy atom. The highest BCUT2D eigenvalue weighted by molar-refractivity contribution is 5.96. The first-order valence-corrected chi connectivity index (χ1v) is 6.16. The molecule has 2 aromatic rings. The lowest BCUT2D eigenvalue weighted by Crippen LogP contribution is -2.36. The van der Waals surface area contributed by atoms with Gasteiger partial charge in [0.05, 0.1) is 11.4 Å². The van der Waals surface area contributed by atoms with Crippen LogP contribution in [-0.4, -0.2) is 32.5 Å². The molecule has 6 nitrogen and oxygen atoms in total. The van der Waals surface area contributed by atoms with Crippen LogP contribution in [0.15, 0.2) is 17.0 Å². The monoisotopic (exact) mass is 258 g/mol. The second-order valence-corrected chi connectivity index (χ2v) is 4.67. The third kappa shape index (κ3) is 1.99. The van der Waals surface area contributed by atoms with Crippen LogP contribution in [-0.2, 0) is 13.0 Å². The molecule has 19 heavy (non-hydrogen) atoms. The summed E-state index contributed by atoms with van der Waals surface area (Å²) in [7, 11) is 0. The van der Waals surface area contributed by atoms with Crippen molar-refractivity contribution in [3.05, 3.63) is 40.8 Å². The van der Waals surface area contributed by atoms with Gasteiger partial charge in [-0.3, -0.25) is 4.79 Å². The van der Waals surface area contributed by atoms with Crippen molar-refractivity contribution in [1.82, 2.24) is 20.0 Å². The van der Waals surface area contributed by atoms with Gasteiger partial charge >= 0.3 is 0 Å². The van der Waals surface area contributed by atoms with Crippen LogP contribution in [0.1, 0.15) is 33.1 Å². The van der Waals surface area contributed by atoms with Crippen LogP contribution in [0, 0.1) is 13.8 Å². The Kier molecular flexibility index (Phi) is 2.77. The van der Waals surface area contributed by atoms with Gasteiger partial charge in [-0.1, -0.05) is 5.16 Å². The average molecular weight is 258 g/mol. The summed E-state index contributed by atoms with van der Waals surface area (Å²) >= 11 is 0. The minimum absolute atomic E-state index is 0.0363. The van der Waals surface area contributed by atoms with Crippen LogP contribution in [0.2, 0.25) is 0 Å². The molecule has 98 valence electrons. The lowest BCUT2D eigenvalue weighted by atomic mass is 10.1. The van der Waals surface area contributed by atoms with Crippen LogP contribution in [0.3, 0.4) is 0 Å². The molecule has 0 saturated heterocycles. The summed E-state index contributed by atoms with van der Waals surface area (Å²) in [4.78, 5) is 22.5. The molecule has 3 heterocycles. The highest BCUT2D eigenvalue weighted by Crippen LogP contribution is 2.20. The van der Waals surface area contributed by atoms with Gasteiger partial charge in [0, 0.05) is 31.3 Å². The zero-order chi connectivity index (χ0) is 13.4. The Labute approximate surface area is 110 Å². The fourth-order valence-corrected chi connectivity index (χ4v) is 2.39. The SMILES string of the molecule is Cc1noc(C)c1C(=O)N1CCc2ncncc2C1. The van der Waals surface area contributed by atoms with Crippen LogP contribution in [0.25, 0.3) is 0 Å². The quantitative estimate of drug-likeness (QED) is 0.770. The predicted molar refractivity (Wildman–Crippen MR) is 66.5 cm³/mol. The van der Waals surface area contributed by atoms with E-state index < -0.39 is 0 Å². The van der Waals surface area contributed by atoms with Crippen molar-refractivity contribution in [3.8, 4) is 0 Å². The molecule has 0 fully saturated rings. The maximum atomic E-state index is 12.5. The Balaban J connectivity index is 1.88. The van der Waals surface area contributed by atoms with Crippen molar-refractivity contribution in [2.24, 2.45) is 0 Å². The van der Waals surface area contributed by atoms with Crippen LogP contribution < -0.4 is 0 Å². The van der Waals surface area contributed by atoms with Gasteiger partial charge in [0.25, 0.3) is 5.91 Å². The topological polar surface area (TPSA) is 72.1 Å². The number of amides is 1. The van der Waals surface area contributed by atoms with E-state index in [1.165, 1.54) is 0 Å². The highest BCUT2D eigenvalue weighted by atomic mass is 16.5. The number of hydrogen-bond donors (Lipinski definition) is 0. The molecule has 1 amide bonds. The van der Waals surface area contributed by atoms with Crippen LogP contribution in [0.4, 0.5) is 0 Å². The number of rotatable bonds is 1. The third-order valence-corrected chi connectivity index (χ3v) is 3.40. The number of nitrogens with zero attached hydrogens (tertiary/aromatic N) is 4. The van der Waals surface area contributed by atoms with Gasteiger partial charge in [-0.25, -0.2) is 9.97 Å². The van der Waals surface area contributed by atoms with Crippen molar-refractivity contribution in [1.29, 1.82) is 0 Å². The second kappa shape index (κ2) is 4.46. The van der Waals surface area contributed by atoms with E-state index in [1.807, 2.05) is 0 Å². The van der Waals surface area contributed by atoms with E-state index in [2.05, 4.69) is 15.1 Å². The molecule has 0 N–H and O–H groups in total. The largest absolute Gasteiger partial charge is 0.361 e. The molecule has 1 aliphatic heterocycles. The highest BCUT2D eigenvalue weighted by Gasteiger charge is 2.26. The van der Waals surface area contributed by atoms with E-state index in [9.17, 15) is 4.79 Å². The molecule has 0 bridgehead atoms. The van der Waals surface area contributed by atoms with Gasteiger partial charge in [0.1, 0.15) is 17.7 Å². The van der Waals surface area contributed by atoms with Gasteiger partial charge in [0.2, 0.25) is 0 Å². The van der Waals surface area contributed by atoms with E-state index in [0.29, 0.717) is 30.1 Å². The summed E-state index contributed by atoms with van der Waals surface area (Å²) in [5.74, 6) is 0.531. The number of fused-ring (bicyclic) bond motifs is 1. The lowest BCUT2D eigenvalue weighted by Gasteiger charge is -2.27. The molecule has 0 unspecified atom stereocenters. The first kappa shape index (κ1) is 11.8. The molecule has 0 spiro atoms. The van der Waals surface area contributed by atoms with Gasteiger partial charge in [-0.2, -0.15) is 0 Å². The number of hydrogen-bond acceptors (Lipinski definition) is 5. The normalized spacial score (nSPS) is 14.3. The fourth-order valence-electron chi connectivity index (χ4n) is 2.39. The standard InChI is InChI=1S/C13H14N4O2/c1-8-12(9(2)19-16-8)13(18)17-4-3-11-10(6-17)5-14-7-15-11/h5,7H,3-4,6H2,1-2H3. The van der Waals surface area contributed by atoms with Gasteiger partial charge in [-0.05, 0) is 13.8 Å². The average Bonchev–Trinajstić information content (AvgIpc) is 2.77. The first-order chi connectivity index (χ1) is 9.16. The van der Waals surface area contributed by atoms with Crippen molar-refractivity contribution >= 4 is 5.91 Å². The summed E-state index contributed by atoms with van der Waals surface area (Å²) < 4.78 is 5.05. The van der Waals surface area contributed by atoms with Crippen molar-refractivity contribution in [2.45, 2.75) is 26.8 Å². The molecule has 0 atom stereocenters. The third-order valence-electron chi connectivity index (χ3n) is 3.40. The number of carbonyl (C=O) groups is 1. The summed E-state index contributed by atoms with van der Waals surface area (Å²) in [6.45, 7) is 4.74. The fraction of sp³-hybridized carbons (Fsp3) is 0.385. The minimum Gasteiger partial charge on any atom is -0.361 e. The first-order valence-electron chi connectivity index (χ1n) is 6.16. The van der Waals surface area contributed by atoms with E-state index in [-0.39, 0.29) is 5.91 Å². The molecule has 0 aliphatic carbocycles. The molecule has 0 aromatic carbocycles. The number of aryl methyl sites for hydroxylation is 2. The molecule has 6 heteroatoms. The number of carbonyl (C=O) groups excluding carboxylic acids is 1. The lowest BCUT2D eigenvalue weighted by molar-refractivity contribution is 0.0731. The second-order valence-electron chi connectivity index (χ2n) is 4.67. The van der Waals surface area contributed by atoms with Crippen molar-refractivity contribution < 1.29 is 9.32 Å². The van der Waals surface area contributed by atoms with Crippen LogP contribution >= 0.6 is 0 Å². The Morgan fingerprint density at radius 1 is 1.42 bits per heavy atom. The maximum absolute atomic E-state index is 12.5. The van der Waals surface area contributed by atoms with E-state index in [1.54, 1.807) is 31.3 Å². The van der Waals surface area contributed by atoms with E-state index in [0.717, 1.165) is 17.7 Å². The smallest absolute Gasteiger partial charge is 0.259 e.